The summed E-state index contributed by atoms with van der Waals surface area (Å²) < 4.78 is 4.95. The second-order valence-electron chi connectivity index (χ2n) is 3.03. The lowest BCUT2D eigenvalue weighted by Gasteiger charge is -2.10. The fraction of sp³-hybridized carbons (Fsp3) is 0.750. The lowest BCUT2D eigenvalue weighted by molar-refractivity contribution is -0.0177. The summed E-state index contributed by atoms with van der Waals surface area (Å²) in [6.07, 6.45) is -0.612. The topological polar surface area (TPSA) is 148 Å². The maximum absolute atomic E-state index is 9.62. The number of urea groups is 2. The van der Waals surface area contributed by atoms with Crippen molar-refractivity contribution in [1.82, 2.24) is 5.32 Å². The van der Waals surface area contributed by atoms with Gasteiger partial charge in [-0.2, -0.15) is 0 Å². The van der Waals surface area contributed by atoms with Crippen LogP contribution in [0.5, 0.6) is 0 Å². The molecule has 0 aliphatic heterocycles. The zero-order valence-corrected chi connectivity index (χ0v) is 9.34. The summed E-state index contributed by atoms with van der Waals surface area (Å²) in [6, 6.07) is -1.88. The first-order chi connectivity index (χ1) is 7.29. The van der Waals surface area contributed by atoms with Gasteiger partial charge in [-0.25, -0.2) is 9.59 Å². The molecule has 2 unspecified atom stereocenters. The van der Waals surface area contributed by atoms with Crippen LogP contribution >= 0.6 is 0 Å². The minimum Gasteiger partial charge on any atom is -0.394 e. The van der Waals surface area contributed by atoms with E-state index < -0.39 is 18.2 Å². The van der Waals surface area contributed by atoms with Crippen molar-refractivity contribution in [3.05, 3.63) is 0 Å². The van der Waals surface area contributed by atoms with E-state index in [1.165, 1.54) is 0 Å². The first kappa shape index (κ1) is 17.0. The van der Waals surface area contributed by atoms with Gasteiger partial charge >= 0.3 is 12.1 Å². The van der Waals surface area contributed by atoms with E-state index in [2.05, 4.69) is 11.5 Å². The maximum atomic E-state index is 9.62. The second-order valence-corrected chi connectivity index (χ2v) is 3.03. The molecule has 16 heavy (non-hydrogen) atoms. The fourth-order valence-corrected chi connectivity index (χ4v) is 0.478. The van der Waals surface area contributed by atoms with E-state index in [9.17, 15) is 9.59 Å². The van der Waals surface area contributed by atoms with Crippen LogP contribution in [-0.4, -0.2) is 47.7 Å². The quantitative estimate of drug-likeness (QED) is 0.403. The van der Waals surface area contributed by atoms with E-state index in [0.717, 1.165) is 0 Å². The predicted octanol–water partition coefficient (Wildman–Crippen LogP) is -1.50. The number of primary amides is 2. The zero-order chi connectivity index (χ0) is 13.1. The number of aliphatic hydroxyl groups is 2. The maximum Gasteiger partial charge on any atom is 0.320 e. The lowest BCUT2D eigenvalue weighted by atomic mass is 10.4. The van der Waals surface area contributed by atoms with Gasteiger partial charge in [-0.15, -0.1) is 0 Å². The monoisotopic (exact) mass is 237 g/mol. The molecule has 2 atom stereocenters. The first-order valence-electron chi connectivity index (χ1n) is 4.56. The first-order valence-corrected chi connectivity index (χ1v) is 4.56. The molecule has 0 bridgehead atoms. The van der Waals surface area contributed by atoms with Crippen LogP contribution < -0.4 is 16.8 Å². The van der Waals surface area contributed by atoms with Crippen molar-refractivity contribution in [1.29, 1.82) is 0 Å². The molecule has 0 aromatic heterocycles. The van der Waals surface area contributed by atoms with Gasteiger partial charge < -0.3 is 26.4 Å². The number of hydrogen-bond donors (Lipinski definition) is 5. The average Bonchev–Trinajstić information content (AvgIpc) is 2.12. The molecule has 0 radical (unpaired) electrons. The van der Waals surface area contributed by atoms with Crippen molar-refractivity contribution in [2.24, 2.45) is 11.5 Å². The van der Waals surface area contributed by atoms with E-state index in [0.29, 0.717) is 6.61 Å². The Morgan fingerprint density at radius 2 is 1.75 bits per heavy atom. The van der Waals surface area contributed by atoms with Gasteiger partial charge in [0.25, 0.3) is 0 Å². The summed E-state index contributed by atoms with van der Waals surface area (Å²) in [5.74, 6) is 0. The molecule has 4 amide bonds. The van der Waals surface area contributed by atoms with Crippen LogP contribution in [0.1, 0.15) is 13.8 Å². The molecule has 8 heteroatoms. The Hall–Kier alpha value is -1.38. The molecule has 0 aliphatic rings. The summed E-state index contributed by atoms with van der Waals surface area (Å²) >= 11 is 0. The summed E-state index contributed by atoms with van der Waals surface area (Å²) in [5, 5.41) is 18.7. The average molecular weight is 237 g/mol. The molecule has 0 heterocycles. The minimum absolute atomic E-state index is 0.00667. The number of aliphatic hydroxyl groups excluding tert-OH is 2. The van der Waals surface area contributed by atoms with Gasteiger partial charge in [0.05, 0.1) is 25.4 Å². The van der Waals surface area contributed by atoms with Gasteiger partial charge in [-0.3, -0.25) is 5.32 Å². The molecule has 0 saturated heterocycles. The summed E-state index contributed by atoms with van der Waals surface area (Å²) in [6.45, 7) is 3.70. The molecule has 0 fully saturated rings. The Labute approximate surface area is 93.6 Å². The van der Waals surface area contributed by atoms with Crippen molar-refractivity contribution >= 4 is 12.1 Å². The van der Waals surface area contributed by atoms with E-state index in [1.54, 1.807) is 19.2 Å². The highest BCUT2D eigenvalue weighted by atomic mass is 16.5. The second kappa shape index (κ2) is 10.1. The van der Waals surface area contributed by atoms with Crippen molar-refractivity contribution in [2.45, 2.75) is 26.1 Å². The Balaban J connectivity index is 0. The number of hydrogen-bond acceptors (Lipinski definition) is 5. The molecule has 96 valence electrons. The lowest BCUT2D eigenvalue weighted by Crippen LogP contribution is -2.38. The van der Waals surface area contributed by atoms with E-state index >= 15 is 0 Å². The van der Waals surface area contributed by atoms with Crippen LogP contribution in [0.4, 0.5) is 9.59 Å². The highest BCUT2D eigenvalue weighted by molar-refractivity contribution is 5.91. The number of rotatable bonds is 4. The van der Waals surface area contributed by atoms with Crippen LogP contribution in [0.25, 0.3) is 0 Å². The molecule has 0 saturated carbocycles. The Kier molecular flexibility index (Phi) is 10.8. The van der Waals surface area contributed by atoms with Gasteiger partial charge in [0, 0.05) is 0 Å². The molecule has 0 aliphatic carbocycles. The van der Waals surface area contributed by atoms with Crippen LogP contribution in [0, 0.1) is 0 Å². The van der Waals surface area contributed by atoms with Gasteiger partial charge in [-0.1, -0.05) is 0 Å². The predicted molar refractivity (Wildman–Crippen MR) is 56.5 cm³/mol. The van der Waals surface area contributed by atoms with Gasteiger partial charge in [-0.05, 0) is 13.8 Å². The van der Waals surface area contributed by atoms with E-state index in [-0.39, 0.29) is 12.7 Å². The van der Waals surface area contributed by atoms with Gasteiger partial charge in [0.1, 0.15) is 0 Å². The Bertz CT molecular complexity index is 198. The number of ether oxygens (including phenoxy) is 1. The molecule has 0 aromatic rings. The number of carbonyl (C=O) groups is 2. The molecule has 0 spiro atoms. The number of nitrogens with two attached hydrogens (primary N) is 2. The molecule has 0 rings (SSSR count). The smallest absolute Gasteiger partial charge is 0.320 e. The van der Waals surface area contributed by atoms with Crippen molar-refractivity contribution in [3.8, 4) is 0 Å². The molecular weight excluding hydrogens is 218 g/mol. The number of carbonyl (C=O) groups excluding carboxylic acids is 2. The number of imide groups is 1. The summed E-state index contributed by atoms with van der Waals surface area (Å²) in [7, 11) is 0. The van der Waals surface area contributed by atoms with Gasteiger partial charge in [0.15, 0.2) is 0 Å². The largest absolute Gasteiger partial charge is 0.394 e. The van der Waals surface area contributed by atoms with E-state index in [4.69, 9.17) is 14.9 Å². The standard InChI is InChI=1S/C6H14O3.C2H5N3O2/c1-5(8)4-9-6(2)3-7;3-1(6)5-2(4)7/h5-8H,3-4H2,1-2H3;(H5,3,4,5,6,7). The van der Waals surface area contributed by atoms with Crippen molar-refractivity contribution < 1.29 is 24.5 Å². The van der Waals surface area contributed by atoms with Crippen LogP contribution in [0.3, 0.4) is 0 Å². The minimum atomic E-state index is -0.938. The molecule has 8 nitrogen and oxygen atoms in total. The van der Waals surface area contributed by atoms with Crippen molar-refractivity contribution in [3.63, 3.8) is 0 Å². The number of nitrogens with one attached hydrogen (secondary N) is 1. The molecule has 7 N–H and O–H groups in total. The van der Waals surface area contributed by atoms with Crippen LogP contribution in [-0.2, 0) is 4.74 Å². The Morgan fingerprint density at radius 1 is 1.31 bits per heavy atom. The SMILES string of the molecule is CC(O)COC(C)CO.NC(=O)NC(N)=O. The molecular formula is C8H19N3O5. The van der Waals surface area contributed by atoms with Crippen molar-refractivity contribution in [2.75, 3.05) is 13.2 Å². The Morgan fingerprint density at radius 3 is 1.94 bits per heavy atom. The summed E-state index contributed by atoms with van der Waals surface area (Å²) in [4.78, 5) is 19.2. The molecule has 0 aromatic carbocycles. The van der Waals surface area contributed by atoms with Gasteiger partial charge in [0.2, 0.25) is 0 Å². The fourth-order valence-electron chi connectivity index (χ4n) is 0.478. The third-order valence-electron chi connectivity index (χ3n) is 1.13. The normalized spacial score (nSPS) is 13.0. The third-order valence-corrected chi connectivity index (χ3v) is 1.13. The zero-order valence-electron chi connectivity index (χ0n) is 9.34. The summed E-state index contributed by atoms with van der Waals surface area (Å²) in [5.41, 5.74) is 8.88. The van der Waals surface area contributed by atoms with Crippen LogP contribution in [0.15, 0.2) is 0 Å². The third kappa shape index (κ3) is 18.4. The number of amides is 4. The highest BCUT2D eigenvalue weighted by Crippen LogP contribution is 1.90. The van der Waals surface area contributed by atoms with Crippen LogP contribution in [0.2, 0.25) is 0 Å². The highest BCUT2D eigenvalue weighted by Gasteiger charge is 2.00. The van der Waals surface area contributed by atoms with E-state index in [1.807, 2.05) is 0 Å².